The molecule has 0 aliphatic rings. The van der Waals surface area contributed by atoms with Crippen LogP contribution in [0.3, 0.4) is 0 Å². The summed E-state index contributed by atoms with van der Waals surface area (Å²) in [7, 11) is 0. The van der Waals surface area contributed by atoms with Gasteiger partial charge in [0.2, 0.25) is 0 Å². The molecule has 2 rings (SSSR count). The van der Waals surface area contributed by atoms with E-state index in [9.17, 15) is 0 Å². The Labute approximate surface area is 122 Å². The van der Waals surface area contributed by atoms with Crippen molar-refractivity contribution < 1.29 is 0 Å². The largest absolute Gasteiger partial charge is 0.149 e. The molecule has 1 aromatic heterocycles. The summed E-state index contributed by atoms with van der Waals surface area (Å²) in [4.78, 5) is 2.10. The molecule has 0 radical (unpaired) electrons. The van der Waals surface area contributed by atoms with Gasteiger partial charge in [-0.25, -0.2) is 0 Å². The second-order valence-corrected chi connectivity index (χ2v) is 7.09. The van der Waals surface area contributed by atoms with Crippen molar-refractivity contribution >= 4 is 27.3 Å². The molecule has 2 heteroatoms. The van der Waals surface area contributed by atoms with Crippen molar-refractivity contribution in [2.24, 2.45) is 0 Å². The third-order valence-electron chi connectivity index (χ3n) is 3.10. The van der Waals surface area contributed by atoms with Gasteiger partial charge in [0.1, 0.15) is 0 Å². The third-order valence-corrected chi connectivity index (χ3v) is 4.82. The molecular formula is C16H19BrS. The van der Waals surface area contributed by atoms with Crippen molar-refractivity contribution in [3.05, 3.63) is 57.8 Å². The predicted octanol–water partition coefficient (Wildman–Crippen LogP) is 5.39. The standard InChI is InChI=1S/C16H19BrS/c1-13-7-9-14(10-8-13)12-15(17)4-2-5-16-6-3-11-18-16/h3,6-11,15H,2,4-5,12H2,1H3. The lowest BCUT2D eigenvalue weighted by Crippen LogP contribution is -2.03. The van der Waals surface area contributed by atoms with Crippen LogP contribution >= 0.6 is 27.3 Å². The minimum Gasteiger partial charge on any atom is -0.149 e. The van der Waals surface area contributed by atoms with E-state index < -0.39 is 0 Å². The molecule has 0 spiro atoms. The number of rotatable bonds is 6. The topological polar surface area (TPSA) is 0 Å². The van der Waals surface area contributed by atoms with Crippen molar-refractivity contribution in [1.82, 2.24) is 0 Å². The van der Waals surface area contributed by atoms with Crippen LogP contribution in [-0.4, -0.2) is 4.83 Å². The molecule has 0 aliphatic heterocycles. The zero-order valence-electron chi connectivity index (χ0n) is 10.7. The van der Waals surface area contributed by atoms with Crippen LogP contribution in [0.2, 0.25) is 0 Å². The van der Waals surface area contributed by atoms with Gasteiger partial charge in [-0.3, -0.25) is 0 Å². The van der Waals surface area contributed by atoms with Crippen molar-refractivity contribution in [1.29, 1.82) is 0 Å². The van der Waals surface area contributed by atoms with Gasteiger partial charge in [-0.05, 0) is 49.6 Å². The van der Waals surface area contributed by atoms with Gasteiger partial charge in [0.05, 0.1) is 0 Å². The molecule has 2 aromatic rings. The Morgan fingerprint density at radius 2 is 1.94 bits per heavy atom. The van der Waals surface area contributed by atoms with Gasteiger partial charge in [-0.1, -0.05) is 51.8 Å². The Morgan fingerprint density at radius 1 is 1.17 bits per heavy atom. The van der Waals surface area contributed by atoms with E-state index in [0.717, 1.165) is 6.42 Å². The summed E-state index contributed by atoms with van der Waals surface area (Å²) in [5.74, 6) is 0. The summed E-state index contributed by atoms with van der Waals surface area (Å²) in [6.45, 7) is 2.14. The average molecular weight is 323 g/mol. The van der Waals surface area contributed by atoms with Gasteiger partial charge in [-0.2, -0.15) is 0 Å². The maximum Gasteiger partial charge on any atom is 0.0186 e. The van der Waals surface area contributed by atoms with Crippen LogP contribution in [0, 0.1) is 6.92 Å². The molecular weight excluding hydrogens is 304 g/mol. The summed E-state index contributed by atoms with van der Waals surface area (Å²) in [6, 6.07) is 13.2. The molecule has 0 saturated carbocycles. The van der Waals surface area contributed by atoms with Crippen molar-refractivity contribution in [2.75, 3.05) is 0 Å². The quantitative estimate of drug-likeness (QED) is 0.626. The fourth-order valence-electron chi connectivity index (χ4n) is 2.03. The third kappa shape index (κ3) is 4.58. The lowest BCUT2D eigenvalue weighted by Gasteiger charge is -2.09. The van der Waals surface area contributed by atoms with Crippen LogP contribution in [-0.2, 0) is 12.8 Å². The number of aryl methyl sites for hydroxylation is 2. The van der Waals surface area contributed by atoms with Gasteiger partial charge in [0.15, 0.2) is 0 Å². The summed E-state index contributed by atoms with van der Waals surface area (Å²) in [6.07, 6.45) is 4.85. The summed E-state index contributed by atoms with van der Waals surface area (Å²) in [5, 5.41) is 2.16. The number of benzene rings is 1. The van der Waals surface area contributed by atoms with Gasteiger partial charge in [0.25, 0.3) is 0 Å². The molecule has 0 bridgehead atoms. The van der Waals surface area contributed by atoms with Gasteiger partial charge in [0, 0.05) is 9.70 Å². The molecule has 0 amide bonds. The number of alkyl halides is 1. The van der Waals surface area contributed by atoms with E-state index in [1.165, 1.54) is 35.3 Å². The van der Waals surface area contributed by atoms with Crippen LogP contribution in [0.25, 0.3) is 0 Å². The molecule has 0 N–H and O–H groups in total. The normalized spacial score (nSPS) is 12.6. The first-order valence-corrected chi connectivity index (χ1v) is 8.25. The Balaban J connectivity index is 1.71. The van der Waals surface area contributed by atoms with Crippen LogP contribution < -0.4 is 0 Å². The zero-order valence-corrected chi connectivity index (χ0v) is 13.1. The highest BCUT2D eigenvalue weighted by atomic mass is 79.9. The van der Waals surface area contributed by atoms with E-state index in [1.54, 1.807) is 0 Å². The van der Waals surface area contributed by atoms with E-state index in [4.69, 9.17) is 0 Å². The number of hydrogen-bond donors (Lipinski definition) is 0. The molecule has 1 atom stereocenters. The van der Waals surface area contributed by atoms with Gasteiger partial charge < -0.3 is 0 Å². The van der Waals surface area contributed by atoms with Gasteiger partial charge >= 0.3 is 0 Å². The molecule has 0 nitrogen and oxygen atoms in total. The summed E-state index contributed by atoms with van der Waals surface area (Å²) >= 11 is 5.67. The van der Waals surface area contributed by atoms with Crippen LogP contribution in [0.4, 0.5) is 0 Å². The lowest BCUT2D eigenvalue weighted by molar-refractivity contribution is 0.705. The Hall–Kier alpha value is -0.600. The number of halogens is 1. The predicted molar refractivity (Wildman–Crippen MR) is 84.9 cm³/mol. The first kappa shape index (κ1) is 13.8. The lowest BCUT2D eigenvalue weighted by atomic mass is 10.0. The SMILES string of the molecule is Cc1ccc(CC(Br)CCCc2cccs2)cc1. The van der Waals surface area contributed by atoms with E-state index in [-0.39, 0.29) is 0 Å². The monoisotopic (exact) mass is 322 g/mol. The second kappa shape index (κ2) is 7.10. The van der Waals surface area contributed by atoms with E-state index >= 15 is 0 Å². The number of thiophene rings is 1. The minimum absolute atomic E-state index is 0.597. The Bertz CT molecular complexity index is 444. The van der Waals surface area contributed by atoms with E-state index in [1.807, 2.05) is 11.3 Å². The zero-order chi connectivity index (χ0) is 12.8. The molecule has 0 aliphatic carbocycles. The van der Waals surface area contributed by atoms with Crippen LogP contribution in [0.5, 0.6) is 0 Å². The van der Waals surface area contributed by atoms with Crippen molar-refractivity contribution in [3.8, 4) is 0 Å². The Morgan fingerprint density at radius 3 is 2.61 bits per heavy atom. The first-order chi connectivity index (χ1) is 8.74. The highest BCUT2D eigenvalue weighted by Crippen LogP contribution is 2.18. The fraction of sp³-hybridized carbons (Fsp3) is 0.375. The summed E-state index contributed by atoms with van der Waals surface area (Å²) in [5.41, 5.74) is 2.76. The fourth-order valence-corrected chi connectivity index (χ4v) is 3.48. The molecule has 1 aromatic carbocycles. The molecule has 1 heterocycles. The average Bonchev–Trinajstić information content (AvgIpc) is 2.85. The molecule has 0 fully saturated rings. The number of hydrogen-bond acceptors (Lipinski definition) is 1. The smallest absolute Gasteiger partial charge is 0.0186 e. The van der Waals surface area contributed by atoms with Crippen LogP contribution in [0.15, 0.2) is 41.8 Å². The highest BCUT2D eigenvalue weighted by molar-refractivity contribution is 9.09. The van der Waals surface area contributed by atoms with E-state index in [2.05, 4.69) is 64.6 Å². The molecule has 1 unspecified atom stereocenters. The molecule has 96 valence electrons. The van der Waals surface area contributed by atoms with Crippen molar-refractivity contribution in [3.63, 3.8) is 0 Å². The molecule has 18 heavy (non-hydrogen) atoms. The Kier molecular flexibility index (Phi) is 5.45. The van der Waals surface area contributed by atoms with Gasteiger partial charge in [-0.15, -0.1) is 11.3 Å². The second-order valence-electron chi connectivity index (χ2n) is 4.76. The van der Waals surface area contributed by atoms with E-state index in [0.29, 0.717) is 4.83 Å². The van der Waals surface area contributed by atoms with Crippen molar-refractivity contribution in [2.45, 2.75) is 37.4 Å². The molecule has 0 saturated heterocycles. The summed E-state index contributed by atoms with van der Waals surface area (Å²) < 4.78 is 0. The van der Waals surface area contributed by atoms with Crippen LogP contribution in [0.1, 0.15) is 28.8 Å². The minimum atomic E-state index is 0.597. The highest BCUT2D eigenvalue weighted by Gasteiger charge is 2.05. The maximum atomic E-state index is 3.80. The first-order valence-electron chi connectivity index (χ1n) is 6.46. The maximum absolute atomic E-state index is 3.80.